The molecule has 0 aliphatic carbocycles. The Kier molecular flexibility index (Phi) is 5.42. The molecule has 0 saturated carbocycles. The van der Waals surface area contributed by atoms with Crippen molar-refractivity contribution in [2.45, 2.75) is 6.42 Å². The standard InChI is InChI=1S/C17H13FN2O3/c18-14-3-1-2-13(8-14)9-17(22)23-11-16(21)20-15-6-4-12(10-19)5-7-15/h1-8H,9,11H2,(H,20,21). The molecule has 0 fully saturated rings. The Labute approximate surface area is 132 Å². The number of hydrogen-bond acceptors (Lipinski definition) is 4. The fraction of sp³-hybridized carbons (Fsp3) is 0.118. The molecule has 0 bridgehead atoms. The lowest BCUT2D eigenvalue weighted by Crippen LogP contribution is -2.21. The van der Waals surface area contributed by atoms with Gasteiger partial charge in [0.25, 0.3) is 5.91 Å². The molecule has 0 saturated heterocycles. The summed E-state index contributed by atoms with van der Waals surface area (Å²) >= 11 is 0. The summed E-state index contributed by atoms with van der Waals surface area (Å²) in [6, 6.07) is 13.8. The minimum absolute atomic E-state index is 0.109. The number of amides is 1. The van der Waals surface area contributed by atoms with E-state index in [1.807, 2.05) is 6.07 Å². The van der Waals surface area contributed by atoms with Crippen LogP contribution in [-0.2, 0) is 20.7 Å². The summed E-state index contributed by atoms with van der Waals surface area (Å²) in [4.78, 5) is 23.3. The fourth-order valence-electron chi connectivity index (χ4n) is 1.84. The van der Waals surface area contributed by atoms with Crippen LogP contribution >= 0.6 is 0 Å². The largest absolute Gasteiger partial charge is 0.455 e. The van der Waals surface area contributed by atoms with Gasteiger partial charge in [-0.15, -0.1) is 0 Å². The molecule has 0 unspecified atom stereocenters. The molecule has 116 valence electrons. The Morgan fingerprint density at radius 2 is 1.91 bits per heavy atom. The highest BCUT2D eigenvalue weighted by Crippen LogP contribution is 2.09. The summed E-state index contributed by atoms with van der Waals surface area (Å²) in [5.74, 6) is -1.55. The van der Waals surface area contributed by atoms with Crippen LogP contribution in [0.3, 0.4) is 0 Å². The first kappa shape index (κ1) is 16.2. The first-order valence-corrected chi connectivity index (χ1v) is 6.77. The van der Waals surface area contributed by atoms with Gasteiger partial charge in [-0.3, -0.25) is 9.59 Å². The van der Waals surface area contributed by atoms with E-state index >= 15 is 0 Å². The highest BCUT2D eigenvalue weighted by molar-refractivity contribution is 5.92. The van der Waals surface area contributed by atoms with Crippen LogP contribution in [0.4, 0.5) is 10.1 Å². The van der Waals surface area contributed by atoms with Gasteiger partial charge in [0.2, 0.25) is 0 Å². The van der Waals surface area contributed by atoms with Crippen LogP contribution in [0, 0.1) is 17.1 Å². The van der Waals surface area contributed by atoms with Gasteiger partial charge in [0.1, 0.15) is 5.82 Å². The smallest absolute Gasteiger partial charge is 0.310 e. The molecule has 2 aromatic carbocycles. The maximum Gasteiger partial charge on any atom is 0.310 e. The van der Waals surface area contributed by atoms with Crippen LogP contribution in [-0.4, -0.2) is 18.5 Å². The van der Waals surface area contributed by atoms with Gasteiger partial charge in [0.05, 0.1) is 18.1 Å². The van der Waals surface area contributed by atoms with E-state index in [1.54, 1.807) is 30.3 Å². The molecule has 5 nitrogen and oxygen atoms in total. The number of halogens is 1. The van der Waals surface area contributed by atoms with E-state index in [-0.39, 0.29) is 6.42 Å². The summed E-state index contributed by atoms with van der Waals surface area (Å²) in [6.45, 7) is -0.436. The van der Waals surface area contributed by atoms with E-state index in [0.29, 0.717) is 16.8 Å². The predicted molar refractivity (Wildman–Crippen MR) is 80.8 cm³/mol. The molecule has 0 aliphatic rings. The van der Waals surface area contributed by atoms with Crippen LogP contribution in [0.15, 0.2) is 48.5 Å². The molecular formula is C17H13FN2O3. The van der Waals surface area contributed by atoms with Crippen molar-refractivity contribution in [3.05, 3.63) is 65.5 Å². The third-order valence-corrected chi connectivity index (χ3v) is 2.90. The number of carbonyl (C=O) groups excluding carboxylic acids is 2. The Morgan fingerprint density at radius 3 is 2.57 bits per heavy atom. The molecular weight excluding hydrogens is 299 g/mol. The van der Waals surface area contributed by atoms with Crippen molar-refractivity contribution in [3.63, 3.8) is 0 Å². The first-order chi connectivity index (χ1) is 11.1. The van der Waals surface area contributed by atoms with Crippen LogP contribution in [0.25, 0.3) is 0 Å². The molecule has 0 aliphatic heterocycles. The summed E-state index contributed by atoms with van der Waals surface area (Å²) < 4.78 is 17.8. The summed E-state index contributed by atoms with van der Waals surface area (Å²) in [5.41, 5.74) is 1.45. The van der Waals surface area contributed by atoms with Gasteiger partial charge in [-0.05, 0) is 42.0 Å². The summed E-state index contributed by atoms with van der Waals surface area (Å²) in [7, 11) is 0. The summed E-state index contributed by atoms with van der Waals surface area (Å²) in [6.07, 6.45) is -0.109. The van der Waals surface area contributed by atoms with Crippen LogP contribution < -0.4 is 5.32 Å². The SMILES string of the molecule is N#Cc1ccc(NC(=O)COC(=O)Cc2cccc(F)c2)cc1. The highest BCUT2D eigenvalue weighted by atomic mass is 19.1. The topological polar surface area (TPSA) is 79.2 Å². The molecule has 0 heterocycles. The zero-order valence-corrected chi connectivity index (χ0v) is 12.1. The van der Waals surface area contributed by atoms with Crippen LogP contribution in [0.2, 0.25) is 0 Å². The van der Waals surface area contributed by atoms with Gasteiger partial charge in [0, 0.05) is 5.69 Å². The van der Waals surface area contributed by atoms with E-state index in [2.05, 4.69) is 5.32 Å². The molecule has 2 rings (SSSR count). The van der Waals surface area contributed by atoms with E-state index in [1.165, 1.54) is 18.2 Å². The Bertz CT molecular complexity index is 751. The molecule has 0 radical (unpaired) electrons. The molecule has 0 atom stereocenters. The normalized spacial score (nSPS) is 9.74. The minimum Gasteiger partial charge on any atom is -0.455 e. The van der Waals surface area contributed by atoms with Gasteiger partial charge in [-0.25, -0.2) is 4.39 Å². The molecule has 1 amide bonds. The number of hydrogen-bond donors (Lipinski definition) is 1. The van der Waals surface area contributed by atoms with Gasteiger partial charge in [0.15, 0.2) is 6.61 Å². The lowest BCUT2D eigenvalue weighted by Gasteiger charge is -2.07. The zero-order valence-electron chi connectivity index (χ0n) is 12.1. The lowest BCUT2D eigenvalue weighted by molar-refractivity contribution is -0.146. The second kappa shape index (κ2) is 7.71. The zero-order chi connectivity index (χ0) is 16.7. The number of nitrogens with one attached hydrogen (secondary N) is 1. The molecule has 2 aromatic rings. The van der Waals surface area contributed by atoms with E-state index in [0.717, 1.165) is 0 Å². The van der Waals surface area contributed by atoms with E-state index in [4.69, 9.17) is 10.00 Å². The van der Waals surface area contributed by atoms with E-state index in [9.17, 15) is 14.0 Å². The number of nitriles is 1. The highest BCUT2D eigenvalue weighted by Gasteiger charge is 2.09. The third kappa shape index (κ3) is 5.25. The van der Waals surface area contributed by atoms with Crippen molar-refractivity contribution in [3.8, 4) is 6.07 Å². The number of benzene rings is 2. The Balaban J connectivity index is 1.79. The van der Waals surface area contributed by atoms with E-state index < -0.39 is 24.3 Å². The second-order valence-electron chi connectivity index (χ2n) is 4.70. The average molecular weight is 312 g/mol. The lowest BCUT2D eigenvalue weighted by atomic mass is 10.1. The molecule has 0 aromatic heterocycles. The van der Waals surface area contributed by atoms with Gasteiger partial charge in [-0.2, -0.15) is 5.26 Å². The molecule has 6 heteroatoms. The van der Waals surface area contributed by atoms with Gasteiger partial charge >= 0.3 is 5.97 Å². The van der Waals surface area contributed by atoms with Crippen molar-refractivity contribution < 1.29 is 18.7 Å². The maximum atomic E-state index is 13.0. The Hall–Kier alpha value is -3.20. The van der Waals surface area contributed by atoms with Crippen molar-refractivity contribution >= 4 is 17.6 Å². The number of rotatable bonds is 5. The predicted octanol–water partition coefficient (Wildman–Crippen LogP) is 2.42. The third-order valence-electron chi connectivity index (χ3n) is 2.90. The van der Waals surface area contributed by atoms with Crippen molar-refractivity contribution in [2.75, 3.05) is 11.9 Å². The fourth-order valence-corrected chi connectivity index (χ4v) is 1.84. The van der Waals surface area contributed by atoms with Crippen molar-refractivity contribution in [1.29, 1.82) is 5.26 Å². The number of ether oxygens (including phenoxy) is 1. The van der Waals surface area contributed by atoms with Gasteiger partial charge in [-0.1, -0.05) is 12.1 Å². The second-order valence-corrected chi connectivity index (χ2v) is 4.70. The number of anilines is 1. The molecule has 1 N–H and O–H groups in total. The quantitative estimate of drug-likeness (QED) is 0.860. The van der Waals surface area contributed by atoms with Crippen LogP contribution in [0.1, 0.15) is 11.1 Å². The van der Waals surface area contributed by atoms with Gasteiger partial charge < -0.3 is 10.1 Å². The Morgan fingerprint density at radius 1 is 1.17 bits per heavy atom. The number of carbonyl (C=O) groups is 2. The number of nitrogens with zero attached hydrogens (tertiary/aromatic N) is 1. The van der Waals surface area contributed by atoms with Crippen molar-refractivity contribution in [1.82, 2.24) is 0 Å². The first-order valence-electron chi connectivity index (χ1n) is 6.77. The minimum atomic E-state index is -0.620. The maximum absolute atomic E-state index is 13.0. The monoisotopic (exact) mass is 312 g/mol. The molecule has 0 spiro atoms. The van der Waals surface area contributed by atoms with Crippen LogP contribution in [0.5, 0.6) is 0 Å². The number of esters is 1. The molecule has 23 heavy (non-hydrogen) atoms. The van der Waals surface area contributed by atoms with Crippen molar-refractivity contribution in [2.24, 2.45) is 0 Å². The average Bonchev–Trinajstić information content (AvgIpc) is 2.54. The summed E-state index contributed by atoms with van der Waals surface area (Å²) in [5, 5.41) is 11.2.